The Kier molecular flexibility index (Phi) is 1.90. The summed E-state index contributed by atoms with van der Waals surface area (Å²) in [7, 11) is 0. The second-order valence-corrected chi connectivity index (χ2v) is 6.05. The molecule has 0 unspecified atom stereocenters. The lowest BCUT2D eigenvalue weighted by molar-refractivity contribution is 1.65. The Morgan fingerprint density at radius 2 is 1.87 bits per heavy atom. The number of aryl methyl sites for hydroxylation is 1. The molecule has 3 heteroatoms. The summed E-state index contributed by atoms with van der Waals surface area (Å²) in [6.45, 7) is 2.04. The van der Waals surface area contributed by atoms with Gasteiger partial charge in [-0.3, -0.25) is 4.79 Å². The number of hydrogen-bond acceptors (Lipinski definition) is 3. The molecule has 0 aliphatic carbocycles. The van der Waals surface area contributed by atoms with E-state index in [1.54, 1.807) is 22.7 Å². The highest BCUT2D eigenvalue weighted by Crippen LogP contribution is 2.30. The van der Waals surface area contributed by atoms with Crippen LogP contribution in [0, 0.1) is 6.92 Å². The van der Waals surface area contributed by atoms with E-state index in [9.17, 15) is 4.79 Å². The fourth-order valence-corrected chi connectivity index (χ4v) is 4.15. The lowest BCUT2D eigenvalue weighted by Crippen LogP contribution is -1.98. The molecule has 0 aliphatic rings. The number of benzene rings is 1. The van der Waals surface area contributed by atoms with E-state index in [2.05, 4.69) is 0 Å². The zero-order valence-corrected chi connectivity index (χ0v) is 9.74. The molecule has 0 atom stereocenters. The van der Waals surface area contributed by atoms with Gasteiger partial charge in [0, 0.05) is 15.0 Å². The second-order valence-electron chi connectivity index (χ2n) is 3.49. The van der Waals surface area contributed by atoms with Crippen LogP contribution >= 0.6 is 22.7 Å². The fraction of sp³-hybridized carbons (Fsp3) is 0.0833. The van der Waals surface area contributed by atoms with Crippen molar-refractivity contribution in [3.05, 3.63) is 45.4 Å². The molecular formula is C12H8OS2. The highest BCUT2D eigenvalue weighted by Gasteiger charge is 2.07. The lowest BCUT2D eigenvalue weighted by Gasteiger charge is -1.94. The normalized spacial score (nSPS) is 11.3. The summed E-state index contributed by atoms with van der Waals surface area (Å²) in [5, 5.41) is 1.72. The molecule has 3 aromatic rings. The second kappa shape index (κ2) is 3.15. The predicted octanol–water partition coefficient (Wildman–Crippen LogP) is 3.78. The Balaban J connectivity index is 2.65. The lowest BCUT2D eigenvalue weighted by atomic mass is 10.2. The fourth-order valence-electron chi connectivity index (χ4n) is 1.72. The summed E-state index contributed by atoms with van der Waals surface area (Å²) in [5.74, 6) is 0. The highest BCUT2D eigenvalue weighted by molar-refractivity contribution is 7.40. The Hall–Kier alpha value is -1.19. The minimum Gasteiger partial charge on any atom is -0.288 e. The molecule has 0 fully saturated rings. The first-order chi connectivity index (χ1) is 7.25. The van der Waals surface area contributed by atoms with Crippen LogP contribution in [0.3, 0.4) is 0 Å². The summed E-state index contributed by atoms with van der Waals surface area (Å²) in [6, 6.07) is 9.80. The van der Waals surface area contributed by atoms with Gasteiger partial charge < -0.3 is 0 Å². The van der Waals surface area contributed by atoms with Crippen LogP contribution in [0.5, 0.6) is 0 Å². The van der Waals surface area contributed by atoms with Gasteiger partial charge in [-0.1, -0.05) is 12.1 Å². The summed E-state index contributed by atoms with van der Waals surface area (Å²) in [5.41, 5.74) is 0.170. The van der Waals surface area contributed by atoms with Crippen molar-refractivity contribution in [3.8, 4) is 0 Å². The summed E-state index contributed by atoms with van der Waals surface area (Å²) >= 11 is 3.40. The maximum Gasteiger partial charge on any atom is 0.196 e. The number of hydrogen-bond donors (Lipinski definition) is 0. The molecule has 3 rings (SSSR count). The van der Waals surface area contributed by atoms with Gasteiger partial charge in [-0.25, -0.2) is 0 Å². The van der Waals surface area contributed by atoms with Crippen LogP contribution in [0.2, 0.25) is 0 Å². The van der Waals surface area contributed by atoms with Crippen LogP contribution in [0.1, 0.15) is 4.88 Å². The zero-order valence-electron chi connectivity index (χ0n) is 8.11. The molecule has 0 bridgehead atoms. The first kappa shape index (κ1) is 9.07. The molecule has 0 radical (unpaired) electrons. The predicted molar refractivity (Wildman–Crippen MR) is 68.2 cm³/mol. The van der Waals surface area contributed by atoms with Gasteiger partial charge in [-0.15, -0.1) is 22.7 Å². The molecule has 0 N–H and O–H groups in total. The number of thiophene rings is 1. The largest absolute Gasteiger partial charge is 0.288 e. The SMILES string of the molecule is Cc1cc2c(=O)c3ccccc3sc2s1. The van der Waals surface area contributed by atoms with E-state index in [4.69, 9.17) is 0 Å². The average Bonchev–Trinajstić information content (AvgIpc) is 2.59. The van der Waals surface area contributed by atoms with Crippen LogP contribution in [-0.2, 0) is 0 Å². The molecule has 0 spiro atoms. The smallest absolute Gasteiger partial charge is 0.196 e. The maximum atomic E-state index is 12.1. The Bertz CT molecular complexity index is 706. The first-order valence-corrected chi connectivity index (χ1v) is 6.31. The third kappa shape index (κ3) is 1.31. The van der Waals surface area contributed by atoms with Crippen LogP contribution in [-0.4, -0.2) is 0 Å². The molecule has 2 heterocycles. The van der Waals surface area contributed by atoms with Crippen molar-refractivity contribution < 1.29 is 0 Å². The highest BCUT2D eigenvalue weighted by atomic mass is 32.2. The van der Waals surface area contributed by atoms with E-state index < -0.39 is 0 Å². The Labute approximate surface area is 94.6 Å². The minimum atomic E-state index is 0.170. The van der Waals surface area contributed by atoms with E-state index in [1.807, 2.05) is 37.3 Å². The van der Waals surface area contributed by atoms with Gasteiger partial charge in [0.25, 0.3) is 0 Å². The van der Waals surface area contributed by atoms with Gasteiger partial charge in [-0.2, -0.15) is 0 Å². The van der Waals surface area contributed by atoms with Crippen LogP contribution in [0.4, 0.5) is 0 Å². The van der Waals surface area contributed by atoms with Crippen molar-refractivity contribution in [2.45, 2.75) is 6.92 Å². The molecule has 2 aromatic heterocycles. The molecule has 15 heavy (non-hydrogen) atoms. The molecule has 0 saturated carbocycles. The quantitative estimate of drug-likeness (QED) is 0.576. The van der Waals surface area contributed by atoms with E-state index in [0.29, 0.717) is 0 Å². The van der Waals surface area contributed by atoms with Gasteiger partial charge in [0.2, 0.25) is 0 Å². The molecule has 1 aromatic carbocycles. The zero-order chi connectivity index (χ0) is 10.4. The van der Waals surface area contributed by atoms with Crippen molar-refractivity contribution >= 4 is 42.2 Å². The summed E-state index contributed by atoms with van der Waals surface area (Å²) in [4.78, 5) is 13.3. The topological polar surface area (TPSA) is 17.1 Å². The van der Waals surface area contributed by atoms with Gasteiger partial charge in [0.15, 0.2) is 5.43 Å². The molecule has 1 nitrogen and oxygen atoms in total. The first-order valence-electron chi connectivity index (χ1n) is 4.68. The van der Waals surface area contributed by atoms with Crippen molar-refractivity contribution in [3.63, 3.8) is 0 Å². The monoisotopic (exact) mass is 232 g/mol. The molecule has 0 aliphatic heterocycles. The summed E-state index contributed by atoms with van der Waals surface area (Å²) in [6.07, 6.45) is 0. The standard InChI is InChI=1S/C12H8OS2/c1-7-6-9-11(13)8-4-2-3-5-10(8)15-12(9)14-7/h2-6H,1H3. The number of fused-ring (bicyclic) bond motifs is 2. The van der Waals surface area contributed by atoms with E-state index in [1.165, 1.54) is 4.88 Å². The van der Waals surface area contributed by atoms with Crippen molar-refractivity contribution in [1.82, 2.24) is 0 Å². The van der Waals surface area contributed by atoms with Crippen molar-refractivity contribution in [1.29, 1.82) is 0 Å². The van der Waals surface area contributed by atoms with Gasteiger partial charge >= 0.3 is 0 Å². The van der Waals surface area contributed by atoms with Gasteiger partial charge in [-0.05, 0) is 25.1 Å². The molecule has 0 amide bonds. The van der Waals surface area contributed by atoms with Crippen LogP contribution in [0.15, 0.2) is 35.1 Å². The van der Waals surface area contributed by atoms with Gasteiger partial charge in [0.05, 0.1) is 9.40 Å². The van der Waals surface area contributed by atoms with Crippen LogP contribution < -0.4 is 5.43 Å². The minimum absolute atomic E-state index is 0.170. The number of rotatable bonds is 0. The van der Waals surface area contributed by atoms with E-state index in [-0.39, 0.29) is 5.43 Å². The maximum absolute atomic E-state index is 12.1. The Morgan fingerprint density at radius 3 is 2.73 bits per heavy atom. The van der Waals surface area contributed by atoms with Crippen molar-refractivity contribution in [2.24, 2.45) is 0 Å². The molecule has 0 saturated heterocycles. The van der Waals surface area contributed by atoms with E-state index in [0.717, 1.165) is 19.5 Å². The third-order valence-electron chi connectivity index (χ3n) is 2.40. The Morgan fingerprint density at radius 1 is 1.07 bits per heavy atom. The van der Waals surface area contributed by atoms with E-state index >= 15 is 0 Å². The molecular weight excluding hydrogens is 224 g/mol. The third-order valence-corrected chi connectivity index (χ3v) is 4.73. The average molecular weight is 232 g/mol. The van der Waals surface area contributed by atoms with Crippen LogP contribution in [0.25, 0.3) is 19.5 Å². The molecule has 74 valence electrons. The van der Waals surface area contributed by atoms with Crippen molar-refractivity contribution in [2.75, 3.05) is 0 Å². The van der Waals surface area contributed by atoms with Gasteiger partial charge in [0.1, 0.15) is 0 Å². The summed E-state index contributed by atoms with van der Waals surface area (Å²) < 4.78 is 2.22.